The van der Waals surface area contributed by atoms with Gasteiger partial charge < -0.3 is 20.4 Å². The molecule has 1 heterocycles. The van der Waals surface area contributed by atoms with Gasteiger partial charge in [0.25, 0.3) is 0 Å². The molecule has 1 aliphatic heterocycles. The summed E-state index contributed by atoms with van der Waals surface area (Å²) >= 11 is 0. The van der Waals surface area contributed by atoms with E-state index in [2.05, 4.69) is 71.5 Å². The number of aryl methyl sites for hydroxylation is 2. The standard InChI is InChI=1S/C30H38N6O/c1-5-10-33-20-24-8-7-9-27(16-24)34-29(37)17-28(6-2)36-12-11-35(30(36)26(18-31)19-32)21-25-14-22(3)13-23(4)15-25/h7-9,13-16,28,33H,5-6,10-12,17,20-21H2,1-4H3,(H,34,37). The lowest BCUT2D eigenvalue weighted by Gasteiger charge is -2.31. The predicted molar refractivity (Wildman–Crippen MR) is 147 cm³/mol. The van der Waals surface area contributed by atoms with Crippen molar-refractivity contribution in [2.24, 2.45) is 0 Å². The number of rotatable bonds is 11. The summed E-state index contributed by atoms with van der Waals surface area (Å²) in [6, 6.07) is 18.4. The number of hydrogen-bond acceptors (Lipinski definition) is 6. The zero-order valence-corrected chi connectivity index (χ0v) is 22.5. The van der Waals surface area contributed by atoms with Crippen molar-refractivity contribution in [2.45, 2.75) is 66.1 Å². The van der Waals surface area contributed by atoms with Gasteiger partial charge in [-0.25, -0.2) is 0 Å². The molecule has 7 heteroatoms. The van der Waals surface area contributed by atoms with Gasteiger partial charge in [-0.1, -0.05) is 55.3 Å². The lowest BCUT2D eigenvalue weighted by atomic mass is 10.1. The molecule has 1 saturated heterocycles. The maximum absolute atomic E-state index is 13.1. The molecular formula is C30H38N6O. The smallest absolute Gasteiger partial charge is 0.226 e. The van der Waals surface area contributed by atoms with Crippen LogP contribution in [0.5, 0.6) is 0 Å². The van der Waals surface area contributed by atoms with Gasteiger partial charge in [0.1, 0.15) is 18.0 Å². The highest BCUT2D eigenvalue weighted by atomic mass is 16.1. The van der Waals surface area contributed by atoms with Crippen LogP contribution in [0.4, 0.5) is 5.69 Å². The van der Waals surface area contributed by atoms with E-state index in [-0.39, 0.29) is 23.9 Å². The number of carbonyl (C=O) groups is 1. The van der Waals surface area contributed by atoms with Gasteiger partial charge in [-0.05, 0) is 56.5 Å². The maximum Gasteiger partial charge on any atom is 0.226 e. The van der Waals surface area contributed by atoms with Gasteiger partial charge in [0.2, 0.25) is 5.91 Å². The SMILES string of the molecule is CCCNCc1cccc(NC(=O)CC(CC)N2CCN(Cc3cc(C)cc(C)c3)C2=C(C#N)C#N)c1. The van der Waals surface area contributed by atoms with Crippen LogP contribution in [0.1, 0.15) is 55.4 Å². The van der Waals surface area contributed by atoms with Crippen LogP contribution in [-0.2, 0) is 17.9 Å². The predicted octanol–water partition coefficient (Wildman–Crippen LogP) is 4.99. The third kappa shape index (κ3) is 7.59. The van der Waals surface area contributed by atoms with Gasteiger partial charge in [-0.3, -0.25) is 4.79 Å². The van der Waals surface area contributed by atoms with E-state index in [1.165, 1.54) is 11.1 Å². The number of allylic oxidation sites excluding steroid dienone is 1. The van der Waals surface area contributed by atoms with E-state index >= 15 is 0 Å². The molecule has 0 saturated carbocycles. The van der Waals surface area contributed by atoms with E-state index in [1.54, 1.807) is 0 Å². The molecule has 37 heavy (non-hydrogen) atoms. The molecule has 1 aliphatic rings. The molecule has 0 bridgehead atoms. The Labute approximate surface area is 221 Å². The molecule has 7 nitrogen and oxygen atoms in total. The number of nitrogens with one attached hydrogen (secondary N) is 2. The van der Waals surface area contributed by atoms with Gasteiger partial charge in [0.15, 0.2) is 5.57 Å². The highest BCUT2D eigenvalue weighted by Gasteiger charge is 2.33. The summed E-state index contributed by atoms with van der Waals surface area (Å²) in [5.41, 5.74) is 5.51. The summed E-state index contributed by atoms with van der Waals surface area (Å²) in [6.07, 6.45) is 2.07. The van der Waals surface area contributed by atoms with Gasteiger partial charge in [-0.15, -0.1) is 0 Å². The molecule has 0 aliphatic carbocycles. The van der Waals surface area contributed by atoms with Crippen LogP contribution >= 0.6 is 0 Å². The number of hydrogen-bond donors (Lipinski definition) is 2. The van der Waals surface area contributed by atoms with Gasteiger partial charge in [-0.2, -0.15) is 10.5 Å². The summed E-state index contributed by atoms with van der Waals surface area (Å²) in [6.45, 7) is 12.0. The van der Waals surface area contributed by atoms with Crippen molar-refractivity contribution in [3.63, 3.8) is 0 Å². The van der Waals surface area contributed by atoms with E-state index in [1.807, 2.05) is 31.2 Å². The van der Waals surface area contributed by atoms with Crippen molar-refractivity contribution in [1.82, 2.24) is 15.1 Å². The van der Waals surface area contributed by atoms with Crippen LogP contribution < -0.4 is 10.6 Å². The first-order chi connectivity index (χ1) is 17.9. The fraction of sp³-hybridized carbons (Fsp3) is 0.433. The van der Waals surface area contributed by atoms with E-state index in [0.717, 1.165) is 42.7 Å². The largest absolute Gasteiger partial charge is 0.351 e. The molecule has 2 N–H and O–H groups in total. The molecule has 1 amide bonds. The Hall–Kier alpha value is -3.81. The molecule has 2 aromatic rings. The number of nitriles is 2. The second-order valence-electron chi connectivity index (χ2n) is 9.72. The summed E-state index contributed by atoms with van der Waals surface area (Å²) < 4.78 is 0. The quantitative estimate of drug-likeness (QED) is 0.335. The average molecular weight is 499 g/mol. The zero-order valence-electron chi connectivity index (χ0n) is 22.5. The fourth-order valence-corrected chi connectivity index (χ4v) is 5.01. The Balaban J connectivity index is 1.75. The van der Waals surface area contributed by atoms with Crippen LogP contribution in [0.15, 0.2) is 53.9 Å². The summed E-state index contributed by atoms with van der Waals surface area (Å²) in [5.74, 6) is 0.556. The number of benzene rings is 2. The first-order valence-electron chi connectivity index (χ1n) is 13.1. The number of nitrogens with zero attached hydrogens (tertiary/aromatic N) is 4. The zero-order chi connectivity index (χ0) is 26.8. The molecule has 194 valence electrons. The molecule has 3 rings (SSSR count). The van der Waals surface area contributed by atoms with Crippen molar-refractivity contribution in [2.75, 3.05) is 25.0 Å². The molecule has 1 unspecified atom stereocenters. The van der Waals surface area contributed by atoms with Crippen molar-refractivity contribution >= 4 is 11.6 Å². The van der Waals surface area contributed by atoms with Crippen molar-refractivity contribution < 1.29 is 4.79 Å². The number of amides is 1. The minimum atomic E-state index is -0.120. The highest BCUT2D eigenvalue weighted by Crippen LogP contribution is 2.29. The Morgan fingerprint density at radius 3 is 2.41 bits per heavy atom. The summed E-state index contributed by atoms with van der Waals surface area (Å²) in [7, 11) is 0. The van der Waals surface area contributed by atoms with E-state index in [4.69, 9.17) is 0 Å². The topological polar surface area (TPSA) is 95.2 Å². The fourth-order valence-electron chi connectivity index (χ4n) is 5.01. The van der Waals surface area contributed by atoms with Gasteiger partial charge >= 0.3 is 0 Å². The summed E-state index contributed by atoms with van der Waals surface area (Å²) in [4.78, 5) is 17.2. The van der Waals surface area contributed by atoms with Crippen molar-refractivity contribution in [3.8, 4) is 12.1 Å². The van der Waals surface area contributed by atoms with Crippen LogP contribution in [0.3, 0.4) is 0 Å². The Bertz CT molecular complexity index is 1170. The van der Waals surface area contributed by atoms with E-state index in [9.17, 15) is 15.3 Å². The van der Waals surface area contributed by atoms with Crippen molar-refractivity contribution in [1.29, 1.82) is 10.5 Å². The molecule has 1 fully saturated rings. The third-order valence-electron chi connectivity index (χ3n) is 6.58. The minimum absolute atomic E-state index is 0.0758. The Kier molecular flexibility index (Phi) is 10.1. The summed E-state index contributed by atoms with van der Waals surface area (Å²) in [5, 5.41) is 25.9. The van der Waals surface area contributed by atoms with Gasteiger partial charge in [0, 0.05) is 44.3 Å². The highest BCUT2D eigenvalue weighted by molar-refractivity contribution is 5.91. The second kappa shape index (κ2) is 13.5. The van der Waals surface area contributed by atoms with Crippen LogP contribution in [0.25, 0.3) is 0 Å². The van der Waals surface area contributed by atoms with Gasteiger partial charge in [0.05, 0.1) is 0 Å². The average Bonchev–Trinajstić information content (AvgIpc) is 3.26. The van der Waals surface area contributed by atoms with E-state index < -0.39 is 0 Å². The second-order valence-corrected chi connectivity index (χ2v) is 9.72. The molecule has 1 atom stereocenters. The van der Waals surface area contributed by atoms with Crippen LogP contribution in [0, 0.1) is 36.5 Å². The Morgan fingerprint density at radius 1 is 1.03 bits per heavy atom. The lowest BCUT2D eigenvalue weighted by Crippen LogP contribution is -2.36. The monoisotopic (exact) mass is 498 g/mol. The number of carbonyl (C=O) groups excluding carboxylic acids is 1. The molecular weight excluding hydrogens is 460 g/mol. The maximum atomic E-state index is 13.1. The molecule has 2 aromatic carbocycles. The molecule has 0 spiro atoms. The Morgan fingerprint density at radius 2 is 1.76 bits per heavy atom. The normalized spacial score (nSPS) is 13.7. The minimum Gasteiger partial charge on any atom is -0.351 e. The van der Waals surface area contributed by atoms with Crippen LogP contribution in [-0.4, -0.2) is 41.4 Å². The lowest BCUT2D eigenvalue weighted by molar-refractivity contribution is -0.117. The molecule has 0 aromatic heterocycles. The van der Waals surface area contributed by atoms with Crippen LogP contribution in [0.2, 0.25) is 0 Å². The number of anilines is 1. The molecule has 0 radical (unpaired) electrons. The van der Waals surface area contributed by atoms with E-state index in [0.29, 0.717) is 25.5 Å². The first kappa shape index (κ1) is 27.8. The third-order valence-corrected chi connectivity index (χ3v) is 6.58. The first-order valence-corrected chi connectivity index (χ1v) is 13.1. The van der Waals surface area contributed by atoms with Crippen molar-refractivity contribution in [3.05, 3.63) is 76.1 Å².